The van der Waals surface area contributed by atoms with Gasteiger partial charge in [0.15, 0.2) is 5.16 Å². The van der Waals surface area contributed by atoms with E-state index in [-0.39, 0.29) is 5.91 Å². The monoisotopic (exact) mass is 538 g/mol. The van der Waals surface area contributed by atoms with E-state index in [2.05, 4.69) is 27.0 Å². The van der Waals surface area contributed by atoms with Crippen LogP contribution >= 0.6 is 11.8 Å². The first-order chi connectivity index (χ1) is 19.1. The molecule has 0 aliphatic carbocycles. The van der Waals surface area contributed by atoms with Gasteiger partial charge in [-0.2, -0.15) is 0 Å². The van der Waals surface area contributed by atoms with E-state index in [1.807, 2.05) is 79.9 Å². The average molecular weight is 539 g/mol. The number of nitrogens with zero attached hydrogens (tertiary/aromatic N) is 3. The lowest BCUT2D eigenvalue weighted by Crippen LogP contribution is -2.22. The summed E-state index contributed by atoms with van der Waals surface area (Å²) in [4.78, 5) is 21.9. The Bertz CT molecular complexity index is 1530. The van der Waals surface area contributed by atoms with Crippen LogP contribution in [0.3, 0.4) is 0 Å². The van der Waals surface area contributed by atoms with Crippen molar-refractivity contribution in [3.05, 3.63) is 114 Å². The summed E-state index contributed by atoms with van der Waals surface area (Å²) in [6.45, 7) is 3.66. The van der Waals surface area contributed by atoms with Gasteiger partial charge in [-0.15, -0.1) is 0 Å². The maximum absolute atomic E-state index is 12.7. The molecule has 0 spiro atoms. The fraction of sp³-hybridized carbons (Fsp3) is 0.194. The lowest BCUT2D eigenvalue weighted by molar-refractivity contribution is 0.0951. The van der Waals surface area contributed by atoms with E-state index in [1.165, 1.54) is 5.56 Å². The Morgan fingerprint density at radius 3 is 2.31 bits per heavy atom. The van der Waals surface area contributed by atoms with Gasteiger partial charge in [-0.25, -0.2) is 4.98 Å². The number of ether oxygens (including phenoxy) is 2. The molecule has 0 saturated heterocycles. The molecular weight excluding hydrogens is 508 g/mol. The number of imidazole rings is 1. The van der Waals surface area contributed by atoms with E-state index in [9.17, 15) is 4.79 Å². The molecule has 198 valence electrons. The van der Waals surface area contributed by atoms with Gasteiger partial charge in [0.05, 0.1) is 37.5 Å². The number of thioether (sulfide) groups is 1. The number of rotatable bonds is 11. The van der Waals surface area contributed by atoms with E-state index in [0.717, 1.165) is 44.6 Å². The number of nitrogens with one attached hydrogen (secondary N) is 1. The molecule has 1 N–H and O–H groups in total. The molecule has 5 aromatic rings. The summed E-state index contributed by atoms with van der Waals surface area (Å²) < 4.78 is 12.9. The number of methoxy groups -OCH3 is 1. The minimum Gasteiger partial charge on any atom is -0.497 e. The van der Waals surface area contributed by atoms with Crippen LogP contribution in [0.1, 0.15) is 34.0 Å². The SMILES string of the molecule is CCOc1ccc(CNC(=O)c2ccc(Cn3c(SCc4ccc(OC)cc4)nc4ccncc43)cc2)cc1. The van der Waals surface area contributed by atoms with Crippen LogP contribution in [0.4, 0.5) is 0 Å². The van der Waals surface area contributed by atoms with Crippen LogP contribution in [-0.2, 0) is 18.8 Å². The van der Waals surface area contributed by atoms with Crippen molar-refractivity contribution in [1.29, 1.82) is 0 Å². The van der Waals surface area contributed by atoms with Crippen LogP contribution in [-0.4, -0.2) is 34.2 Å². The summed E-state index contributed by atoms with van der Waals surface area (Å²) in [5.74, 6) is 2.35. The third kappa shape index (κ3) is 6.59. The van der Waals surface area contributed by atoms with Gasteiger partial charge in [-0.3, -0.25) is 9.78 Å². The second kappa shape index (κ2) is 12.5. The molecule has 7 nitrogen and oxygen atoms in total. The molecule has 0 atom stereocenters. The minimum absolute atomic E-state index is 0.108. The molecule has 0 bridgehead atoms. The highest BCUT2D eigenvalue weighted by atomic mass is 32.2. The Kier molecular flexibility index (Phi) is 8.43. The highest BCUT2D eigenvalue weighted by molar-refractivity contribution is 7.98. The number of carbonyl (C=O) groups is 1. The molecule has 2 aromatic heterocycles. The quantitative estimate of drug-likeness (QED) is 0.205. The second-order valence-electron chi connectivity index (χ2n) is 8.94. The van der Waals surface area contributed by atoms with Crippen LogP contribution in [0.2, 0.25) is 0 Å². The largest absolute Gasteiger partial charge is 0.497 e. The smallest absolute Gasteiger partial charge is 0.251 e. The maximum atomic E-state index is 12.7. The molecule has 0 unspecified atom stereocenters. The van der Waals surface area contributed by atoms with E-state index in [4.69, 9.17) is 14.5 Å². The molecular formula is C31H30N4O3S. The molecule has 2 heterocycles. The highest BCUT2D eigenvalue weighted by Gasteiger charge is 2.13. The molecule has 39 heavy (non-hydrogen) atoms. The molecule has 0 saturated carbocycles. The summed E-state index contributed by atoms with van der Waals surface area (Å²) in [6.07, 6.45) is 3.61. The predicted molar refractivity (Wildman–Crippen MR) is 154 cm³/mol. The van der Waals surface area contributed by atoms with Crippen molar-refractivity contribution in [2.75, 3.05) is 13.7 Å². The molecule has 0 aliphatic rings. The maximum Gasteiger partial charge on any atom is 0.251 e. The van der Waals surface area contributed by atoms with Crippen LogP contribution in [0.5, 0.6) is 11.5 Å². The number of benzene rings is 3. The third-order valence-electron chi connectivity index (χ3n) is 6.29. The van der Waals surface area contributed by atoms with E-state index in [1.54, 1.807) is 25.1 Å². The van der Waals surface area contributed by atoms with Gasteiger partial charge in [-0.05, 0) is 66.1 Å². The first-order valence-corrected chi connectivity index (χ1v) is 13.8. The highest BCUT2D eigenvalue weighted by Crippen LogP contribution is 2.28. The molecule has 8 heteroatoms. The van der Waals surface area contributed by atoms with Crippen molar-refractivity contribution in [1.82, 2.24) is 19.9 Å². The number of aromatic nitrogens is 3. The lowest BCUT2D eigenvalue weighted by atomic mass is 10.1. The molecule has 1 amide bonds. The zero-order valence-corrected chi connectivity index (χ0v) is 22.8. The van der Waals surface area contributed by atoms with Crippen molar-refractivity contribution in [2.24, 2.45) is 0 Å². The Morgan fingerprint density at radius 1 is 0.897 bits per heavy atom. The summed E-state index contributed by atoms with van der Waals surface area (Å²) in [6, 6.07) is 25.5. The van der Waals surface area contributed by atoms with E-state index in [0.29, 0.717) is 25.3 Å². The van der Waals surface area contributed by atoms with Crippen molar-refractivity contribution in [3.63, 3.8) is 0 Å². The van der Waals surface area contributed by atoms with Gasteiger partial charge in [0, 0.05) is 24.1 Å². The molecule has 0 radical (unpaired) electrons. The minimum atomic E-state index is -0.108. The van der Waals surface area contributed by atoms with Gasteiger partial charge in [0.1, 0.15) is 11.5 Å². The third-order valence-corrected chi connectivity index (χ3v) is 7.33. The summed E-state index contributed by atoms with van der Waals surface area (Å²) in [5.41, 5.74) is 5.80. The molecule has 0 fully saturated rings. The number of fused-ring (bicyclic) bond motifs is 1. The first kappa shape index (κ1) is 26.3. The van der Waals surface area contributed by atoms with Crippen LogP contribution in [0.25, 0.3) is 11.0 Å². The number of hydrogen-bond acceptors (Lipinski definition) is 6. The molecule has 5 rings (SSSR count). The van der Waals surface area contributed by atoms with Crippen LogP contribution in [0.15, 0.2) is 96.4 Å². The van der Waals surface area contributed by atoms with Crippen molar-refractivity contribution < 1.29 is 14.3 Å². The van der Waals surface area contributed by atoms with Crippen LogP contribution in [0, 0.1) is 0 Å². The summed E-state index contributed by atoms with van der Waals surface area (Å²) >= 11 is 1.69. The Hall–Kier alpha value is -4.30. The summed E-state index contributed by atoms with van der Waals surface area (Å²) in [7, 11) is 1.67. The van der Waals surface area contributed by atoms with E-state index < -0.39 is 0 Å². The standard InChI is InChI=1S/C31H30N4O3S/c1-3-38-27-14-6-22(7-15-27)18-33-30(36)25-10-4-23(5-11-25)20-35-29-19-32-17-16-28(29)34-31(35)39-21-24-8-12-26(37-2)13-9-24/h4-17,19H,3,18,20-21H2,1-2H3,(H,33,36). The summed E-state index contributed by atoms with van der Waals surface area (Å²) in [5, 5.41) is 3.91. The Morgan fingerprint density at radius 2 is 1.59 bits per heavy atom. The first-order valence-electron chi connectivity index (χ1n) is 12.8. The zero-order valence-electron chi connectivity index (χ0n) is 22.0. The van der Waals surface area contributed by atoms with Crippen molar-refractivity contribution in [2.45, 2.75) is 30.9 Å². The van der Waals surface area contributed by atoms with E-state index >= 15 is 0 Å². The second-order valence-corrected chi connectivity index (χ2v) is 9.88. The lowest BCUT2D eigenvalue weighted by Gasteiger charge is -2.11. The fourth-order valence-corrected chi connectivity index (χ4v) is 5.15. The van der Waals surface area contributed by atoms with Gasteiger partial charge < -0.3 is 19.4 Å². The van der Waals surface area contributed by atoms with Gasteiger partial charge in [0.25, 0.3) is 5.91 Å². The number of amides is 1. The molecule has 0 aliphatic heterocycles. The molecule has 3 aromatic carbocycles. The Labute approximate surface area is 232 Å². The number of carbonyl (C=O) groups excluding carboxylic acids is 1. The topological polar surface area (TPSA) is 78.3 Å². The van der Waals surface area contributed by atoms with Crippen molar-refractivity contribution >= 4 is 28.7 Å². The number of pyridine rings is 1. The zero-order chi connectivity index (χ0) is 27.0. The normalized spacial score (nSPS) is 10.9. The predicted octanol–water partition coefficient (Wildman–Crippen LogP) is 6.11. The van der Waals surface area contributed by atoms with Gasteiger partial charge in [-0.1, -0.05) is 48.2 Å². The number of hydrogen-bond donors (Lipinski definition) is 1. The van der Waals surface area contributed by atoms with Crippen LogP contribution < -0.4 is 14.8 Å². The Balaban J connectivity index is 1.25. The average Bonchev–Trinajstić information content (AvgIpc) is 3.33. The van der Waals surface area contributed by atoms with Crippen molar-refractivity contribution in [3.8, 4) is 11.5 Å². The fourth-order valence-electron chi connectivity index (χ4n) is 4.18. The van der Waals surface area contributed by atoms with Gasteiger partial charge in [0.2, 0.25) is 0 Å². The van der Waals surface area contributed by atoms with Gasteiger partial charge >= 0.3 is 0 Å².